The highest BCUT2D eigenvalue weighted by atomic mass is 16.1. The summed E-state index contributed by atoms with van der Waals surface area (Å²) in [6.07, 6.45) is 12.0. The Labute approximate surface area is 112 Å². The molecule has 0 saturated heterocycles. The lowest BCUT2D eigenvalue weighted by molar-refractivity contribution is -0.121. The zero-order chi connectivity index (χ0) is 13.4. The second-order valence-electron chi connectivity index (χ2n) is 4.87. The molecule has 2 heteroatoms. The van der Waals surface area contributed by atoms with Gasteiger partial charge >= 0.3 is 0 Å². The molecule has 0 aliphatic heterocycles. The third-order valence-corrected chi connectivity index (χ3v) is 3.32. The summed E-state index contributed by atoms with van der Waals surface area (Å²) in [7, 11) is 0. The van der Waals surface area contributed by atoms with Crippen LogP contribution < -0.4 is 5.32 Å². The molecule has 102 valence electrons. The maximum absolute atomic E-state index is 11.4. The van der Waals surface area contributed by atoms with Crippen molar-refractivity contribution in [3.8, 4) is 0 Å². The fourth-order valence-electron chi connectivity index (χ4n) is 2.20. The summed E-state index contributed by atoms with van der Waals surface area (Å²) in [6, 6.07) is 0. The summed E-state index contributed by atoms with van der Waals surface area (Å²) in [5.74, 6) is 1.87. The highest BCUT2D eigenvalue weighted by molar-refractivity contribution is 5.75. The van der Waals surface area contributed by atoms with Gasteiger partial charge in [0.05, 0.1) is 0 Å². The average Bonchev–Trinajstić information content (AvgIpc) is 3.17. The van der Waals surface area contributed by atoms with E-state index in [2.05, 4.69) is 30.5 Å². The Kier molecular flexibility index (Phi) is 6.77. The van der Waals surface area contributed by atoms with Gasteiger partial charge in [-0.1, -0.05) is 44.6 Å². The van der Waals surface area contributed by atoms with Crippen molar-refractivity contribution in [3.63, 3.8) is 0 Å². The van der Waals surface area contributed by atoms with Crippen LogP contribution in [0.2, 0.25) is 0 Å². The van der Waals surface area contributed by atoms with Crippen LogP contribution in [-0.2, 0) is 4.79 Å². The molecule has 0 aromatic heterocycles. The van der Waals surface area contributed by atoms with E-state index < -0.39 is 0 Å². The Morgan fingerprint density at radius 1 is 1.39 bits per heavy atom. The molecular weight excluding hydrogens is 222 g/mol. The molecule has 0 heterocycles. The van der Waals surface area contributed by atoms with Crippen LogP contribution in [0.15, 0.2) is 23.8 Å². The fraction of sp³-hybridized carbons (Fsp3) is 0.688. The van der Waals surface area contributed by atoms with E-state index in [-0.39, 0.29) is 5.91 Å². The second-order valence-corrected chi connectivity index (χ2v) is 4.87. The molecule has 0 aromatic rings. The van der Waals surface area contributed by atoms with E-state index in [0.717, 1.165) is 37.6 Å². The third kappa shape index (κ3) is 5.07. The minimum Gasteiger partial charge on any atom is -0.356 e. The Morgan fingerprint density at radius 2 is 2.17 bits per heavy atom. The molecule has 2 rings (SSSR count). The predicted octanol–water partition coefficient (Wildman–Crippen LogP) is 3.84. The minimum absolute atomic E-state index is 0.200. The van der Waals surface area contributed by atoms with Crippen molar-refractivity contribution in [1.82, 2.24) is 5.32 Å². The van der Waals surface area contributed by atoms with E-state index >= 15 is 0 Å². The van der Waals surface area contributed by atoms with Crippen LogP contribution in [-0.4, -0.2) is 12.5 Å². The lowest BCUT2D eigenvalue weighted by Gasteiger charge is -2.06. The molecule has 1 amide bonds. The van der Waals surface area contributed by atoms with E-state index in [1.807, 2.05) is 13.8 Å². The molecule has 0 aromatic carbocycles. The molecule has 1 N–H and O–H groups in total. The average molecular weight is 249 g/mol. The summed E-state index contributed by atoms with van der Waals surface area (Å²) in [5, 5.41) is 2.91. The van der Waals surface area contributed by atoms with Crippen LogP contribution >= 0.6 is 0 Å². The van der Waals surface area contributed by atoms with Crippen molar-refractivity contribution >= 4 is 5.91 Å². The predicted molar refractivity (Wildman–Crippen MR) is 77.3 cm³/mol. The summed E-state index contributed by atoms with van der Waals surface area (Å²) < 4.78 is 0. The highest BCUT2D eigenvalue weighted by Crippen LogP contribution is 2.44. The van der Waals surface area contributed by atoms with Crippen molar-refractivity contribution in [2.24, 2.45) is 11.8 Å². The standard InChI is InChI=1S/C14H21NO.C2H6/c1-2-8-15-14(16)5-3-4-11-6-7-12-10-13(12)9-11;1-2/h6-7,9,12-13H,2-5,8,10H2,1H3,(H,15,16);1-2H3. The van der Waals surface area contributed by atoms with Crippen molar-refractivity contribution < 1.29 is 4.79 Å². The van der Waals surface area contributed by atoms with Gasteiger partial charge in [0.15, 0.2) is 0 Å². The van der Waals surface area contributed by atoms with Crippen molar-refractivity contribution in [1.29, 1.82) is 0 Å². The van der Waals surface area contributed by atoms with Crippen LogP contribution in [0.3, 0.4) is 0 Å². The van der Waals surface area contributed by atoms with Crippen molar-refractivity contribution in [2.75, 3.05) is 6.54 Å². The zero-order valence-electron chi connectivity index (χ0n) is 12.0. The maximum atomic E-state index is 11.4. The number of hydrogen-bond acceptors (Lipinski definition) is 1. The first-order valence-corrected chi connectivity index (χ1v) is 7.45. The molecule has 0 spiro atoms. The first kappa shape index (κ1) is 15.0. The summed E-state index contributed by atoms with van der Waals surface area (Å²) >= 11 is 0. The number of fused-ring (bicyclic) bond motifs is 1. The van der Waals surface area contributed by atoms with Gasteiger partial charge in [-0.15, -0.1) is 0 Å². The van der Waals surface area contributed by atoms with Gasteiger partial charge in [0.25, 0.3) is 0 Å². The molecule has 2 atom stereocenters. The van der Waals surface area contributed by atoms with Crippen LogP contribution in [0.5, 0.6) is 0 Å². The van der Waals surface area contributed by atoms with Gasteiger partial charge in [-0.3, -0.25) is 4.79 Å². The Balaban J connectivity index is 0.000000771. The van der Waals surface area contributed by atoms with E-state index in [1.165, 1.54) is 12.0 Å². The number of rotatable bonds is 6. The summed E-state index contributed by atoms with van der Waals surface area (Å²) in [6.45, 7) is 6.88. The number of amides is 1. The topological polar surface area (TPSA) is 29.1 Å². The Morgan fingerprint density at radius 3 is 2.83 bits per heavy atom. The maximum Gasteiger partial charge on any atom is 0.220 e. The van der Waals surface area contributed by atoms with Gasteiger partial charge in [-0.2, -0.15) is 0 Å². The van der Waals surface area contributed by atoms with E-state index in [9.17, 15) is 4.79 Å². The first-order valence-electron chi connectivity index (χ1n) is 7.45. The van der Waals surface area contributed by atoms with E-state index in [1.54, 1.807) is 0 Å². The van der Waals surface area contributed by atoms with Crippen LogP contribution in [0.4, 0.5) is 0 Å². The molecule has 1 fully saturated rings. The normalized spacial score (nSPS) is 23.4. The number of carbonyl (C=O) groups is 1. The smallest absolute Gasteiger partial charge is 0.220 e. The number of nitrogens with one attached hydrogen (secondary N) is 1. The quantitative estimate of drug-likeness (QED) is 0.761. The molecular formula is C16H27NO. The molecule has 0 radical (unpaired) electrons. The van der Waals surface area contributed by atoms with Gasteiger partial charge in [0.1, 0.15) is 0 Å². The SMILES string of the molecule is CC.CCCNC(=O)CCCC1=CC2CC2C=C1. The fourth-order valence-corrected chi connectivity index (χ4v) is 2.20. The van der Waals surface area contributed by atoms with E-state index in [4.69, 9.17) is 0 Å². The van der Waals surface area contributed by atoms with Gasteiger partial charge < -0.3 is 5.32 Å². The molecule has 2 nitrogen and oxygen atoms in total. The van der Waals surface area contributed by atoms with Gasteiger partial charge in [-0.05, 0) is 37.5 Å². The molecule has 18 heavy (non-hydrogen) atoms. The number of hydrogen-bond donors (Lipinski definition) is 1. The van der Waals surface area contributed by atoms with Crippen molar-refractivity contribution in [3.05, 3.63) is 23.8 Å². The Hall–Kier alpha value is -1.05. The first-order chi connectivity index (χ1) is 8.79. The van der Waals surface area contributed by atoms with Crippen LogP contribution in [0.1, 0.15) is 52.9 Å². The van der Waals surface area contributed by atoms with Gasteiger partial charge in [0.2, 0.25) is 5.91 Å². The highest BCUT2D eigenvalue weighted by Gasteiger charge is 2.34. The largest absolute Gasteiger partial charge is 0.356 e. The minimum atomic E-state index is 0.200. The summed E-state index contributed by atoms with van der Waals surface area (Å²) in [4.78, 5) is 11.4. The lowest BCUT2D eigenvalue weighted by Crippen LogP contribution is -2.23. The van der Waals surface area contributed by atoms with Gasteiger partial charge in [-0.25, -0.2) is 0 Å². The second kappa shape index (κ2) is 8.12. The Bertz CT molecular complexity index is 317. The zero-order valence-corrected chi connectivity index (χ0v) is 12.0. The molecule has 2 unspecified atom stereocenters. The molecule has 2 aliphatic carbocycles. The molecule has 2 aliphatic rings. The molecule has 1 saturated carbocycles. The van der Waals surface area contributed by atoms with E-state index in [0.29, 0.717) is 6.42 Å². The lowest BCUT2D eigenvalue weighted by atomic mass is 10.0. The number of carbonyl (C=O) groups excluding carboxylic acids is 1. The van der Waals surface area contributed by atoms with Gasteiger partial charge in [0, 0.05) is 13.0 Å². The van der Waals surface area contributed by atoms with Crippen LogP contribution in [0, 0.1) is 11.8 Å². The monoisotopic (exact) mass is 249 g/mol. The van der Waals surface area contributed by atoms with Crippen LogP contribution in [0.25, 0.3) is 0 Å². The third-order valence-electron chi connectivity index (χ3n) is 3.32. The summed E-state index contributed by atoms with van der Waals surface area (Å²) in [5.41, 5.74) is 1.43. The number of allylic oxidation sites excluding steroid dienone is 4. The molecule has 0 bridgehead atoms. The van der Waals surface area contributed by atoms with Crippen molar-refractivity contribution in [2.45, 2.75) is 52.9 Å².